The van der Waals surface area contributed by atoms with Crippen molar-refractivity contribution in [3.05, 3.63) is 65.7 Å². The van der Waals surface area contributed by atoms with Gasteiger partial charge in [-0.1, -0.05) is 30.3 Å². The van der Waals surface area contributed by atoms with E-state index in [1.54, 1.807) is 37.3 Å². The lowest BCUT2D eigenvalue weighted by Crippen LogP contribution is -2.24. The molecule has 1 atom stereocenters. The molecule has 2 aromatic rings. The first kappa shape index (κ1) is 26.3. The summed E-state index contributed by atoms with van der Waals surface area (Å²) in [6.07, 6.45) is -5.57. The summed E-state index contributed by atoms with van der Waals surface area (Å²) in [5.74, 6) is -0.651. The summed E-state index contributed by atoms with van der Waals surface area (Å²) in [6, 6.07) is 13.0. The van der Waals surface area contributed by atoms with Crippen LogP contribution in [0.15, 0.2) is 59.8 Å². The van der Waals surface area contributed by atoms with E-state index in [0.29, 0.717) is 0 Å². The number of halogens is 6. The number of carbonyl (C=O) groups is 1. The van der Waals surface area contributed by atoms with Crippen molar-refractivity contribution in [1.82, 2.24) is 0 Å². The zero-order chi connectivity index (χ0) is 24.5. The van der Waals surface area contributed by atoms with Gasteiger partial charge in [0.15, 0.2) is 12.3 Å². The molecule has 0 saturated heterocycles. The second-order valence-corrected chi connectivity index (χ2v) is 6.80. The van der Waals surface area contributed by atoms with Gasteiger partial charge >= 0.3 is 17.7 Å². The van der Waals surface area contributed by atoms with Gasteiger partial charge in [-0.2, -0.15) is 31.3 Å². The van der Waals surface area contributed by atoms with Crippen molar-refractivity contribution in [2.45, 2.75) is 24.7 Å². The first-order valence-electron chi connectivity index (χ1n) is 8.83. The minimum Gasteiger partial charge on any atom is -0.482 e. The van der Waals surface area contributed by atoms with E-state index in [4.69, 9.17) is 9.47 Å². The molecule has 0 amide bonds. The molecule has 180 valence electrons. The third-order valence-electron chi connectivity index (χ3n) is 3.65. The average Bonchev–Trinajstić information content (AvgIpc) is 2.74. The molecule has 0 radical (unpaired) electrons. The van der Waals surface area contributed by atoms with E-state index in [0.717, 1.165) is 29.8 Å². The molecule has 0 aliphatic carbocycles. The highest BCUT2D eigenvalue weighted by atomic mass is 32.2. The van der Waals surface area contributed by atoms with Gasteiger partial charge in [0, 0.05) is 10.6 Å². The third-order valence-corrected chi connectivity index (χ3v) is 3.96. The summed E-state index contributed by atoms with van der Waals surface area (Å²) in [5, 5.41) is 6.09. The van der Waals surface area contributed by atoms with Crippen molar-refractivity contribution >= 4 is 23.7 Å². The van der Waals surface area contributed by atoms with Crippen molar-refractivity contribution in [3.8, 4) is 5.75 Å². The summed E-state index contributed by atoms with van der Waals surface area (Å²) < 4.78 is 88.8. The van der Waals surface area contributed by atoms with Crippen LogP contribution in [0.3, 0.4) is 0 Å². The molecule has 0 aromatic heterocycles. The van der Waals surface area contributed by atoms with Gasteiger partial charge in [-0.3, -0.25) is 0 Å². The molecule has 0 aliphatic rings. The number of hydrogen-bond acceptors (Lipinski definition) is 8. The number of ether oxygens (including phenoxy) is 2. The Hall–Kier alpha value is -2.97. The number of nitrogens with zero attached hydrogens (tertiary/aromatic N) is 1. The summed E-state index contributed by atoms with van der Waals surface area (Å²) in [6.45, 7) is 1.17. The Balaban J connectivity index is 1.91. The van der Waals surface area contributed by atoms with Crippen LogP contribution in [0.4, 0.5) is 26.3 Å². The molecule has 0 N–H and O–H groups in total. The monoisotopic (exact) mass is 499 g/mol. The maximum atomic E-state index is 13.1. The molecule has 1 unspecified atom stereocenters. The Kier molecular flexibility index (Phi) is 9.37. The van der Waals surface area contributed by atoms with Crippen LogP contribution in [0.1, 0.15) is 24.2 Å². The van der Waals surface area contributed by atoms with Crippen LogP contribution in [0, 0.1) is 0 Å². The van der Waals surface area contributed by atoms with Crippen LogP contribution in [-0.4, -0.2) is 30.0 Å². The fourth-order valence-electron chi connectivity index (χ4n) is 2.26. The summed E-state index contributed by atoms with van der Waals surface area (Å²) in [7, 11) is 0. The van der Waals surface area contributed by atoms with Crippen LogP contribution in [0.2, 0.25) is 0 Å². The van der Waals surface area contributed by atoms with E-state index >= 15 is 0 Å². The van der Waals surface area contributed by atoms with E-state index in [1.165, 1.54) is 0 Å². The Morgan fingerprint density at radius 3 is 2.21 bits per heavy atom. The van der Waals surface area contributed by atoms with Gasteiger partial charge in [-0.05, 0) is 41.9 Å². The molecule has 2 aromatic carbocycles. The molecular formula is C19H15F6NO6S. The molecule has 0 heterocycles. The number of carbonyl (C=O) groups excluding carboxylic acids is 1. The number of benzene rings is 2. The van der Waals surface area contributed by atoms with Crippen molar-refractivity contribution in [1.29, 1.82) is 0 Å². The number of esters is 1. The number of alkyl halides is 6. The minimum absolute atomic E-state index is 0.0478. The summed E-state index contributed by atoms with van der Waals surface area (Å²) in [4.78, 5) is 15.6. The molecule has 2 rings (SSSR count). The molecule has 0 fully saturated rings. The quantitative estimate of drug-likeness (QED) is 0.0792. The minimum atomic E-state index is -5.04. The molecule has 0 spiro atoms. The van der Waals surface area contributed by atoms with Gasteiger partial charge in [0.2, 0.25) is 0 Å². The van der Waals surface area contributed by atoms with Gasteiger partial charge in [0.05, 0.1) is 0 Å². The predicted molar refractivity (Wildman–Crippen MR) is 102 cm³/mol. The zero-order valence-electron chi connectivity index (χ0n) is 16.6. The second-order valence-electron chi connectivity index (χ2n) is 6.03. The average molecular weight is 499 g/mol. The third kappa shape index (κ3) is 9.59. The van der Waals surface area contributed by atoms with Crippen molar-refractivity contribution < 1.29 is 55.0 Å². The van der Waals surface area contributed by atoms with Gasteiger partial charge in [-0.25, -0.2) is 4.79 Å². The molecule has 7 nitrogen and oxygen atoms in total. The maximum absolute atomic E-state index is 13.1. The van der Waals surface area contributed by atoms with E-state index in [-0.39, 0.29) is 5.75 Å². The lowest BCUT2D eigenvalue weighted by atomic mass is 10.1. The zero-order valence-corrected chi connectivity index (χ0v) is 17.4. The van der Waals surface area contributed by atoms with E-state index < -0.39 is 53.7 Å². The molecular weight excluding hydrogens is 484 g/mol. The Morgan fingerprint density at radius 2 is 1.64 bits per heavy atom. The molecule has 0 bridgehead atoms. The fraction of sp³-hybridized carbons (Fsp3) is 0.263. The SMILES string of the molecule is CC(OC(=O)COc1ccc(/C(=N/OOOSC(F)(F)F)C(F)(F)F)cc1)c1ccccc1. The van der Waals surface area contributed by atoms with Crippen LogP contribution in [0.25, 0.3) is 0 Å². The van der Waals surface area contributed by atoms with Crippen LogP contribution < -0.4 is 4.74 Å². The number of oxime groups is 1. The number of hydrogen-bond donors (Lipinski definition) is 0. The summed E-state index contributed by atoms with van der Waals surface area (Å²) >= 11 is -1.15. The number of rotatable bonds is 10. The van der Waals surface area contributed by atoms with Crippen molar-refractivity contribution in [2.24, 2.45) is 5.16 Å². The first-order valence-corrected chi connectivity index (χ1v) is 9.57. The maximum Gasteiger partial charge on any atom is 0.471 e. The highest BCUT2D eigenvalue weighted by molar-refractivity contribution is 7.95. The van der Waals surface area contributed by atoms with Gasteiger partial charge in [-0.15, -0.1) is 4.33 Å². The topological polar surface area (TPSA) is 75.6 Å². The lowest BCUT2D eigenvalue weighted by molar-refractivity contribution is -0.464. The summed E-state index contributed by atoms with van der Waals surface area (Å²) in [5.41, 5.74) is -6.24. The first-order chi connectivity index (χ1) is 15.5. The predicted octanol–water partition coefficient (Wildman–Crippen LogP) is 5.68. The fourth-order valence-corrected chi connectivity index (χ4v) is 2.39. The molecule has 33 heavy (non-hydrogen) atoms. The van der Waals surface area contributed by atoms with Gasteiger partial charge in [0.25, 0.3) is 0 Å². The second kappa shape index (κ2) is 11.8. The molecule has 0 aliphatic heterocycles. The Bertz CT molecular complexity index is 921. The molecule has 0 saturated carbocycles. The van der Waals surface area contributed by atoms with Crippen LogP contribution in [-0.2, 0) is 23.9 Å². The van der Waals surface area contributed by atoms with Crippen LogP contribution in [0.5, 0.6) is 5.75 Å². The Morgan fingerprint density at radius 1 is 1.00 bits per heavy atom. The normalized spacial score (nSPS) is 13.4. The standard InChI is InChI=1S/C19H15F6NO6S/c1-12(13-5-3-2-4-6-13)29-16(27)11-28-15-9-7-14(8-10-15)17(18(20,21)22)26-30-31-32-33-19(23,24)25/h2-10,12H,11H2,1H3/b26-17-. The van der Waals surface area contributed by atoms with Crippen LogP contribution >= 0.6 is 12.0 Å². The van der Waals surface area contributed by atoms with Gasteiger partial charge < -0.3 is 9.47 Å². The smallest absolute Gasteiger partial charge is 0.471 e. The van der Waals surface area contributed by atoms with Crippen molar-refractivity contribution in [2.75, 3.05) is 6.61 Å². The lowest BCUT2D eigenvalue weighted by Gasteiger charge is -2.14. The Labute approximate surface area is 187 Å². The molecule has 14 heteroatoms. The highest BCUT2D eigenvalue weighted by Crippen LogP contribution is 2.31. The van der Waals surface area contributed by atoms with E-state index in [9.17, 15) is 31.1 Å². The van der Waals surface area contributed by atoms with E-state index in [2.05, 4.69) is 19.5 Å². The van der Waals surface area contributed by atoms with Crippen molar-refractivity contribution in [3.63, 3.8) is 0 Å². The van der Waals surface area contributed by atoms with Gasteiger partial charge in [0.1, 0.15) is 23.9 Å². The van der Waals surface area contributed by atoms with E-state index in [1.807, 2.05) is 0 Å². The highest BCUT2D eigenvalue weighted by Gasteiger charge is 2.38. The largest absolute Gasteiger partial charge is 0.482 e.